The summed E-state index contributed by atoms with van der Waals surface area (Å²) in [6, 6.07) is 8.34. The van der Waals surface area contributed by atoms with Gasteiger partial charge in [0.25, 0.3) is 5.91 Å². The summed E-state index contributed by atoms with van der Waals surface area (Å²) in [6.07, 6.45) is -1.56. The molecule has 1 atom stereocenters. The van der Waals surface area contributed by atoms with E-state index in [0.29, 0.717) is 5.56 Å². The summed E-state index contributed by atoms with van der Waals surface area (Å²) in [6.45, 7) is 0. The minimum absolute atomic E-state index is 0.386. The maximum absolute atomic E-state index is 13.1. The molecule has 12 heavy (non-hydrogen) atoms. The quantitative estimate of drug-likeness (QED) is 0.709. The molecule has 3 heteroatoms. The topological polar surface area (TPSA) is 29.1 Å². The zero-order valence-corrected chi connectivity index (χ0v) is 6.75. The Kier molecular flexibility index (Phi) is 2.80. The van der Waals surface area contributed by atoms with Crippen molar-refractivity contribution in [2.75, 3.05) is 7.05 Å². The fraction of sp³-hybridized carbons (Fsp3) is 0.222. The highest BCUT2D eigenvalue weighted by molar-refractivity contribution is 5.81. The van der Waals surface area contributed by atoms with Crippen molar-refractivity contribution in [1.29, 1.82) is 0 Å². The molecule has 0 radical (unpaired) electrons. The van der Waals surface area contributed by atoms with Gasteiger partial charge in [0.2, 0.25) is 6.17 Å². The van der Waals surface area contributed by atoms with E-state index in [4.69, 9.17) is 0 Å². The fourth-order valence-electron chi connectivity index (χ4n) is 0.900. The lowest BCUT2D eigenvalue weighted by Crippen LogP contribution is -2.22. The average molecular weight is 167 g/mol. The van der Waals surface area contributed by atoms with E-state index in [9.17, 15) is 9.18 Å². The molecule has 0 aliphatic carbocycles. The van der Waals surface area contributed by atoms with Gasteiger partial charge in [-0.25, -0.2) is 4.39 Å². The van der Waals surface area contributed by atoms with Gasteiger partial charge in [-0.2, -0.15) is 0 Å². The normalized spacial score (nSPS) is 12.2. The van der Waals surface area contributed by atoms with Crippen LogP contribution in [0, 0.1) is 0 Å². The van der Waals surface area contributed by atoms with Crippen molar-refractivity contribution in [2.45, 2.75) is 6.17 Å². The number of nitrogens with one attached hydrogen (secondary N) is 1. The molecule has 1 unspecified atom stereocenters. The van der Waals surface area contributed by atoms with Gasteiger partial charge in [0, 0.05) is 7.05 Å². The van der Waals surface area contributed by atoms with Gasteiger partial charge in [-0.05, 0) is 5.56 Å². The van der Waals surface area contributed by atoms with Crippen molar-refractivity contribution in [3.05, 3.63) is 35.9 Å². The van der Waals surface area contributed by atoms with Crippen molar-refractivity contribution in [1.82, 2.24) is 5.32 Å². The van der Waals surface area contributed by atoms with Gasteiger partial charge < -0.3 is 5.32 Å². The summed E-state index contributed by atoms with van der Waals surface area (Å²) in [5, 5.41) is 2.25. The van der Waals surface area contributed by atoms with Crippen LogP contribution < -0.4 is 5.32 Å². The Labute approximate surface area is 70.4 Å². The summed E-state index contributed by atoms with van der Waals surface area (Å²) < 4.78 is 13.1. The molecule has 64 valence electrons. The fourth-order valence-corrected chi connectivity index (χ4v) is 0.900. The summed E-state index contributed by atoms with van der Waals surface area (Å²) >= 11 is 0. The van der Waals surface area contributed by atoms with Crippen LogP contribution in [0.25, 0.3) is 0 Å². The van der Waals surface area contributed by atoms with Crippen molar-refractivity contribution in [3.8, 4) is 0 Å². The van der Waals surface area contributed by atoms with Gasteiger partial charge in [0.05, 0.1) is 0 Å². The number of carbonyl (C=O) groups excluding carboxylic acids is 1. The molecule has 0 heterocycles. The smallest absolute Gasteiger partial charge is 0.258 e. The Hall–Kier alpha value is -1.38. The Morgan fingerprint density at radius 2 is 2.00 bits per heavy atom. The lowest BCUT2D eigenvalue weighted by molar-refractivity contribution is -0.125. The monoisotopic (exact) mass is 167 g/mol. The molecule has 0 aliphatic rings. The number of rotatable bonds is 2. The predicted octanol–water partition coefficient (Wildman–Crippen LogP) is 1.44. The van der Waals surface area contributed by atoms with Crippen molar-refractivity contribution in [3.63, 3.8) is 0 Å². The highest BCUT2D eigenvalue weighted by atomic mass is 19.1. The third kappa shape index (κ3) is 1.81. The molecular weight excluding hydrogens is 157 g/mol. The third-order valence-electron chi connectivity index (χ3n) is 1.57. The maximum Gasteiger partial charge on any atom is 0.258 e. The van der Waals surface area contributed by atoms with Gasteiger partial charge in [0.1, 0.15) is 0 Å². The molecule has 1 aromatic carbocycles. The standard InChI is InChI=1S/C9H10FNO/c1-11-9(12)8(10)7-5-3-2-4-6-7/h2-6,8H,1H3,(H,11,12). The molecule has 2 nitrogen and oxygen atoms in total. The predicted molar refractivity (Wildman–Crippen MR) is 44.4 cm³/mol. The van der Waals surface area contributed by atoms with Gasteiger partial charge >= 0.3 is 0 Å². The first-order chi connectivity index (χ1) is 5.75. The number of halogens is 1. The van der Waals surface area contributed by atoms with E-state index in [0.717, 1.165) is 0 Å². The van der Waals surface area contributed by atoms with E-state index in [1.807, 2.05) is 0 Å². The van der Waals surface area contributed by atoms with Gasteiger partial charge in [-0.15, -0.1) is 0 Å². The largest absolute Gasteiger partial charge is 0.356 e. The number of amides is 1. The van der Waals surface area contributed by atoms with Gasteiger partial charge in [0.15, 0.2) is 0 Å². The average Bonchev–Trinajstić information content (AvgIpc) is 2.17. The van der Waals surface area contributed by atoms with Crippen LogP contribution in [0.2, 0.25) is 0 Å². The minimum atomic E-state index is -1.56. The molecule has 0 aromatic heterocycles. The lowest BCUT2D eigenvalue weighted by atomic mass is 10.1. The summed E-state index contributed by atoms with van der Waals surface area (Å²) in [7, 11) is 1.41. The van der Waals surface area contributed by atoms with Crippen LogP contribution in [-0.4, -0.2) is 13.0 Å². The lowest BCUT2D eigenvalue weighted by Gasteiger charge is -2.05. The van der Waals surface area contributed by atoms with E-state index in [-0.39, 0.29) is 0 Å². The Bertz CT molecular complexity index is 260. The number of hydrogen-bond acceptors (Lipinski definition) is 1. The Morgan fingerprint density at radius 1 is 1.42 bits per heavy atom. The van der Waals surface area contributed by atoms with E-state index in [1.54, 1.807) is 30.3 Å². The number of likely N-dealkylation sites (N-methyl/N-ethyl adjacent to an activating group) is 1. The number of hydrogen-bond donors (Lipinski definition) is 1. The summed E-state index contributed by atoms with van der Waals surface area (Å²) in [5.74, 6) is -0.610. The van der Waals surface area contributed by atoms with Crippen LogP contribution in [0.3, 0.4) is 0 Å². The van der Waals surface area contributed by atoms with Crippen LogP contribution in [0.1, 0.15) is 11.7 Å². The number of benzene rings is 1. The highest BCUT2D eigenvalue weighted by Gasteiger charge is 2.16. The molecule has 1 N–H and O–H groups in total. The molecule has 1 rings (SSSR count). The number of alkyl halides is 1. The summed E-state index contributed by atoms with van der Waals surface area (Å²) in [4.78, 5) is 10.8. The highest BCUT2D eigenvalue weighted by Crippen LogP contribution is 2.15. The molecule has 0 saturated carbocycles. The number of carbonyl (C=O) groups is 1. The Balaban J connectivity index is 2.78. The summed E-state index contributed by atoms with van der Waals surface area (Å²) in [5.41, 5.74) is 0.386. The molecule has 0 bridgehead atoms. The zero-order valence-electron chi connectivity index (χ0n) is 6.75. The second-order valence-electron chi connectivity index (χ2n) is 2.39. The van der Waals surface area contributed by atoms with E-state index < -0.39 is 12.1 Å². The SMILES string of the molecule is CNC(=O)C(F)c1ccccc1. The zero-order chi connectivity index (χ0) is 8.97. The van der Waals surface area contributed by atoms with Crippen molar-refractivity contribution in [2.24, 2.45) is 0 Å². The molecular formula is C9H10FNO. The first kappa shape index (κ1) is 8.71. The first-order valence-electron chi connectivity index (χ1n) is 3.66. The molecule has 1 aromatic rings. The third-order valence-corrected chi connectivity index (χ3v) is 1.57. The van der Waals surface area contributed by atoms with Crippen LogP contribution in [0.5, 0.6) is 0 Å². The molecule has 0 fully saturated rings. The molecule has 0 aliphatic heterocycles. The van der Waals surface area contributed by atoms with Crippen LogP contribution in [-0.2, 0) is 4.79 Å². The van der Waals surface area contributed by atoms with Gasteiger partial charge in [-0.3, -0.25) is 4.79 Å². The van der Waals surface area contributed by atoms with Crippen LogP contribution in [0.4, 0.5) is 4.39 Å². The first-order valence-corrected chi connectivity index (χ1v) is 3.66. The van der Waals surface area contributed by atoms with Crippen molar-refractivity contribution < 1.29 is 9.18 Å². The maximum atomic E-state index is 13.1. The minimum Gasteiger partial charge on any atom is -0.356 e. The van der Waals surface area contributed by atoms with Gasteiger partial charge in [-0.1, -0.05) is 30.3 Å². The molecule has 1 amide bonds. The molecule has 0 saturated heterocycles. The van der Waals surface area contributed by atoms with Crippen LogP contribution in [0.15, 0.2) is 30.3 Å². The van der Waals surface area contributed by atoms with Crippen molar-refractivity contribution >= 4 is 5.91 Å². The van der Waals surface area contributed by atoms with Crippen LogP contribution >= 0.6 is 0 Å². The second-order valence-corrected chi connectivity index (χ2v) is 2.39. The van der Waals surface area contributed by atoms with E-state index >= 15 is 0 Å². The molecule has 0 spiro atoms. The van der Waals surface area contributed by atoms with E-state index in [2.05, 4.69) is 5.32 Å². The second kappa shape index (κ2) is 3.85. The Morgan fingerprint density at radius 3 is 2.50 bits per heavy atom. The van der Waals surface area contributed by atoms with E-state index in [1.165, 1.54) is 7.05 Å².